The third-order valence-electron chi connectivity index (χ3n) is 3.70. The van der Waals surface area contributed by atoms with Crippen molar-refractivity contribution in [3.8, 4) is 5.69 Å². The van der Waals surface area contributed by atoms with Crippen molar-refractivity contribution in [1.82, 2.24) is 20.0 Å². The highest BCUT2D eigenvalue weighted by Crippen LogP contribution is 2.28. The number of thioether (sulfide) groups is 1. The van der Waals surface area contributed by atoms with Crippen LogP contribution in [-0.2, 0) is 5.75 Å². The molecule has 2 heterocycles. The molecule has 0 aliphatic heterocycles. The fourth-order valence-electron chi connectivity index (χ4n) is 2.37. The molecule has 0 spiro atoms. The number of amides is 1. The molecule has 0 aliphatic carbocycles. The fraction of sp³-hybridized carbons (Fsp3) is 0.0526. The second kappa shape index (κ2) is 8.15. The molecule has 0 fully saturated rings. The minimum atomic E-state index is -0.257. The largest absolute Gasteiger partial charge is 0.296 e. The van der Waals surface area contributed by atoms with Crippen LogP contribution in [0, 0.1) is 0 Å². The first kappa shape index (κ1) is 17.4. The standard InChI is InChI=1S/C19H15N5OS2/c25-17(15-11-20-24(12-15)16-9-5-2-6-10-16)21-18-22-23-19(27-18)26-13-14-7-3-1-4-8-14/h1-12H,13H2,(H,21,22,25). The lowest BCUT2D eigenvalue weighted by molar-refractivity contribution is 0.102. The highest BCUT2D eigenvalue weighted by atomic mass is 32.2. The van der Waals surface area contributed by atoms with E-state index in [0.717, 1.165) is 15.8 Å². The van der Waals surface area contributed by atoms with Crippen LogP contribution in [-0.4, -0.2) is 25.9 Å². The lowest BCUT2D eigenvalue weighted by Gasteiger charge is -1.99. The molecule has 6 nitrogen and oxygen atoms in total. The molecular weight excluding hydrogens is 378 g/mol. The third-order valence-corrected chi connectivity index (χ3v) is 5.74. The van der Waals surface area contributed by atoms with Crippen molar-refractivity contribution in [3.63, 3.8) is 0 Å². The van der Waals surface area contributed by atoms with Crippen LogP contribution in [0.2, 0.25) is 0 Å². The number of nitrogens with one attached hydrogen (secondary N) is 1. The Bertz CT molecular complexity index is 1030. The third kappa shape index (κ3) is 4.42. The number of nitrogens with zero attached hydrogens (tertiary/aromatic N) is 4. The van der Waals surface area contributed by atoms with Crippen molar-refractivity contribution >= 4 is 34.1 Å². The summed E-state index contributed by atoms with van der Waals surface area (Å²) in [4.78, 5) is 12.4. The van der Waals surface area contributed by atoms with Crippen molar-refractivity contribution in [3.05, 3.63) is 84.2 Å². The van der Waals surface area contributed by atoms with Gasteiger partial charge in [-0.2, -0.15) is 5.10 Å². The van der Waals surface area contributed by atoms with Crippen molar-refractivity contribution in [2.24, 2.45) is 0 Å². The number of hydrogen-bond donors (Lipinski definition) is 1. The van der Waals surface area contributed by atoms with Crippen molar-refractivity contribution in [2.45, 2.75) is 10.1 Å². The summed E-state index contributed by atoms with van der Waals surface area (Å²) >= 11 is 2.96. The molecule has 0 saturated carbocycles. The van der Waals surface area contributed by atoms with Crippen LogP contribution < -0.4 is 5.32 Å². The number of benzene rings is 2. The molecular formula is C19H15N5OS2. The Kier molecular flexibility index (Phi) is 5.27. The quantitative estimate of drug-likeness (QED) is 0.391. The van der Waals surface area contributed by atoms with Crippen molar-refractivity contribution < 1.29 is 4.79 Å². The molecule has 8 heteroatoms. The molecule has 134 valence electrons. The minimum Gasteiger partial charge on any atom is -0.296 e. The average Bonchev–Trinajstić information content (AvgIpc) is 3.38. The lowest BCUT2D eigenvalue weighted by atomic mass is 10.2. The van der Waals surface area contributed by atoms with Gasteiger partial charge in [-0.15, -0.1) is 10.2 Å². The van der Waals surface area contributed by atoms with Crippen LogP contribution in [0.4, 0.5) is 5.13 Å². The maximum Gasteiger partial charge on any atom is 0.260 e. The Hall–Kier alpha value is -2.97. The summed E-state index contributed by atoms with van der Waals surface area (Å²) < 4.78 is 2.48. The molecule has 1 N–H and O–H groups in total. The van der Waals surface area contributed by atoms with Gasteiger partial charge in [-0.25, -0.2) is 4.68 Å². The predicted octanol–water partition coefficient (Wildman–Crippen LogP) is 4.27. The molecule has 27 heavy (non-hydrogen) atoms. The van der Waals surface area contributed by atoms with E-state index in [1.54, 1.807) is 22.6 Å². The number of anilines is 1. The molecule has 0 aliphatic rings. The van der Waals surface area contributed by atoms with E-state index in [1.165, 1.54) is 23.1 Å². The van der Waals surface area contributed by atoms with E-state index in [9.17, 15) is 4.79 Å². The van der Waals surface area contributed by atoms with Crippen LogP contribution >= 0.6 is 23.1 Å². The Balaban J connectivity index is 1.37. The molecule has 0 saturated heterocycles. The van der Waals surface area contributed by atoms with Crippen LogP contribution in [0.1, 0.15) is 15.9 Å². The summed E-state index contributed by atoms with van der Waals surface area (Å²) in [6.07, 6.45) is 3.23. The summed E-state index contributed by atoms with van der Waals surface area (Å²) in [6, 6.07) is 19.8. The molecule has 0 radical (unpaired) electrons. The molecule has 4 aromatic rings. The first-order valence-corrected chi connectivity index (χ1v) is 10.00. The van der Waals surface area contributed by atoms with Crippen LogP contribution in [0.3, 0.4) is 0 Å². The normalized spacial score (nSPS) is 10.7. The van der Waals surface area contributed by atoms with E-state index < -0.39 is 0 Å². The Morgan fingerprint density at radius 2 is 1.78 bits per heavy atom. The summed E-state index contributed by atoms with van der Waals surface area (Å²) in [5, 5.41) is 15.7. The number of carbonyl (C=O) groups is 1. The Morgan fingerprint density at radius 3 is 2.56 bits per heavy atom. The maximum atomic E-state index is 12.4. The van der Waals surface area contributed by atoms with E-state index in [0.29, 0.717) is 10.7 Å². The second-order valence-corrected chi connectivity index (χ2v) is 7.81. The zero-order valence-corrected chi connectivity index (χ0v) is 15.8. The van der Waals surface area contributed by atoms with Crippen LogP contribution in [0.15, 0.2) is 77.4 Å². The van der Waals surface area contributed by atoms with E-state index >= 15 is 0 Å². The number of hydrogen-bond acceptors (Lipinski definition) is 6. The van der Waals surface area contributed by atoms with Gasteiger partial charge in [0, 0.05) is 11.9 Å². The number of carbonyl (C=O) groups excluding carboxylic acids is 1. The summed E-state index contributed by atoms with van der Waals surface area (Å²) in [5.74, 6) is 0.556. The molecule has 0 unspecified atom stereocenters. The molecule has 2 aromatic carbocycles. The van der Waals surface area contributed by atoms with Crippen molar-refractivity contribution in [2.75, 3.05) is 5.32 Å². The van der Waals surface area contributed by atoms with E-state index in [2.05, 4.69) is 32.7 Å². The summed E-state index contributed by atoms with van der Waals surface area (Å²) in [7, 11) is 0. The van der Waals surface area contributed by atoms with Crippen molar-refractivity contribution in [1.29, 1.82) is 0 Å². The highest BCUT2D eigenvalue weighted by molar-refractivity contribution is 8.00. The maximum absolute atomic E-state index is 12.4. The van der Waals surface area contributed by atoms with Gasteiger partial charge >= 0.3 is 0 Å². The van der Waals surface area contributed by atoms with Gasteiger partial charge < -0.3 is 0 Å². The average molecular weight is 393 g/mol. The lowest BCUT2D eigenvalue weighted by Crippen LogP contribution is -2.10. The van der Waals surface area contributed by atoms with Crippen LogP contribution in [0.5, 0.6) is 0 Å². The molecule has 0 bridgehead atoms. The van der Waals surface area contributed by atoms with Gasteiger partial charge in [0.05, 0.1) is 17.4 Å². The van der Waals surface area contributed by atoms with Crippen LogP contribution in [0.25, 0.3) is 5.69 Å². The Morgan fingerprint density at radius 1 is 1.04 bits per heavy atom. The van der Waals surface area contributed by atoms with E-state index in [4.69, 9.17) is 0 Å². The molecule has 2 aromatic heterocycles. The summed E-state index contributed by atoms with van der Waals surface area (Å²) in [6.45, 7) is 0. The molecule has 4 rings (SSSR count). The van der Waals surface area contributed by atoms with E-state index in [1.807, 2.05) is 48.5 Å². The summed E-state index contributed by atoms with van der Waals surface area (Å²) in [5.41, 5.74) is 2.58. The first-order chi connectivity index (χ1) is 13.3. The van der Waals surface area contributed by atoms with Gasteiger partial charge in [-0.3, -0.25) is 10.1 Å². The second-order valence-electron chi connectivity index (χ2n) is 5.61. The molecule has 1 amide bonds. The monoisotopic (exact) mass is 393 g/mol. The predicted molar refractivity (Wildman–Crippen MR) is 107 cm³/mol. The first-order valence-electron chi connectivity index (χ1n) is 8.19. The SMILES string of the molecule is O=C(Nc1nnc(SCc2ccccc2)s1)c1cnn(-c2ccccc2)c1. The van der Waals surface area contributed by atoms with Gasteiger partial charge in [0.15, 0.2) is 4.34 Å². The van der Waals surface area contributed by atoms with Gasteiger partial charge in [-0.1, -0.05) is 71.6 Å². The highest BCUT2D eigenvalue weighted by Gasteiger charge is 2.13. The molecule has 0 atom stereocenters. The smallest absolute Gasteiger partial charge is 0.260 e. The van der Waals surface area contributed by atoms with Gasteiger partial charge in [0.1, 0.15) is 0 Å². The number of aromatic nitrogens is 4. The fourth-order valence-corrected chi connectivity index (χ4v) is 4.07. The van der Waals surface area contributed by atoms with Gasteiger partial charge in [0.25, 0.3) is 5.91 Å². The zero-order chi connectivity index (χ0) is 18.5. The van der Waals surface area contributed by atoms with Gasteiger partial charge in [0.2, 0.25) is 5.13 Å². The zero-order valence-electron chi connectivity index (χ0n) is 14.1. The van der Waals surface area contributed by atoms with E-state index in [-0.39, 0.29) is 5.91 Å². The number of para-hydroxylation sites is 1. The van der Waals surface area contributed by atoms with Gasteiger partial charge in [-0.05, 0) is 17.7 Å². The number of rotatable bonds is 6. The Labute approximate surface area is 164 Å². The topological polar surface area (TPSA) is 72.7 Å². The minimum absolute atomic E-state index is 0.257.